The van der Waals surface area contributed by atoms with Crippen molar-refractivity contribution in [3.63, 3.8) is 0 Å². The first kappa shape index (κ1) is 19.0. The van der Waals surface area contributed by atoms with Crippen molar-refractivity contribution in [2.75, 3.05) is 40.0 Å². The Hall–Kier alpha value is -1.05. The number of piperazine rings is 1. The largest absolute Gasteiger partial charge is 0.496 e. The average Bonchev–Trinajstić information content (AvgIpc) is 2.48. The topological polar surface area (TPSA) is 24.5 Å². The molecule has 22 heavy (non-hydrogen) atoms. The number of benzene rings is 1. The molecule has 1 saturated heterocycles. The van der Waals surface area contributed by atoms with Crippen molar-refractivity contribution in [2.45, 2.75) is 12.2 Å². The molecule has 0 spiro atoms. The third-order valence-electron chi connectivity index (χ3n) is 3.66. The number of nitrogens with zero attached hydrogens (tertiary/aromatic N) is 1. The SMILES string of the molecule is COc1cc(C(F)(F)F)ccc1[C@@H](CF)N1CCNCC1.Cl. The van der Waals surface area contributed by atoms with E-state index in [0.717, 1.165) is 25.2 Å². The van der Waals surface area contributed by atoms with E-state index >= 15 is 0 Å². The monoisotopic (exact) mass is 342 g/mol. The second-order valence-electron chi connectivity index (χ2n) is 4.91. The van der Waals surface area contributed by atoms with Gasteiger partial charge in [-0.2, -0.15) is 13.2 Å². The summed E-state index contributed by atoms with van der Waals surface area (Å²) in [5, 5.41) is 3.16. The fourth-order valence-corrected chi connectivity index (χ4v) is 2.53. The van der Waals surface area contributed by atoms with Crippen LogP contribution in [0.25, 0.3) is 0 Å². The third kappa shape index (κ3) is 4.24. The summed E-state index contributed by atoms with van der Waals surface area (Å²) in [4.78, 5) is 1.92. The van der Waals surface area contributed by atoms with E-state index in [4.69, 9.17) is 4.74 Å². The Morgan fingerprint density at radius 1 is 1.27 bits per heavy atom. The van der Waals surface area contributed by atoms with Gasteiger partial charge in [-0.1, -0.05) is 6.07 Å². The van der Waals surface area contributed by atoms with Gasteiger partial charge in [-0.3, -0.25) is 4.90 Å². The molecule has 1 aromatic carbocycles. The minimum atomic E-state index is -4.44. The van der Waals surface area contributed by atoms with Crippen molar-refractivity contribution < 1.29 is 22.3 Å². The molecule has 3 nitrogen and oxygen atoms in total. The molecule has 8 heteroatoms. The van der Waals surface area contributed by atoms with Gasteiger partial charge in [-0.05, 0) is 12.1 Å². The van der Waals surface area contributed by atoms with E-state index in [9.17, 15) is 17.6 Å². The van der Waals surface area contributed by atoms with Gasteiger partial charge in [0.2, 0.25) is 0 Å². The van der Waals surface area contributed by atoms with Crippen molar-refractivity contribution in [3.05, 3.63) is 29.3 Å². The van der Waals surface area contributed by atoms with Crippen LogP contribution in [0.5, 0.6) is 5.75 Å². The van der Waals surface area contributed by atoms with Crippen molar-refractivity contribution in [1.29, 1.82) is 0 Å². The maximum absolute atomic E-state index is 13.4. The zero-order valence-electron chi connectivity index (χ0n) is 12.1. The second kappa shape index (κ2) is 7.99. The zero-order valence-corrected chi connectivity index (χ0v) is 12.9. The minimum Gasteiger partial charge on any atom is -0.496 e. The highest BCUT2D eigenvalue weighted by Crippen LogP contribution is 2.36. The molecular weight excluding hydrogens is 324 g/mol. The summed E-state index contributed by atoms with van der Waals surface area (Å²) < 4.78 is 56.7. The summed E-state index contributed by atoms with van der Waals surface area (Å²) >= 11 is 0. The number of alkyl halides is 4. The van der Waals surface area contributed by atoms with Crippen LogP contribution in [0.2, 0.25) is 0 Å². The van der Waals surface area contributed by atoms with Crippen LogP contribution >= 0.6 is 12.4 Å². The Balaban J connectivity index is 0.00000242. The lowest BCUT2D eigenvalue weighted by atomic mass is 10.0. The quantitative estimate of drug-likeness (QED) is 0.851. The van der Waals surface area contributed by atoms with E-state index in [1.165, 1.54) is 13.2 Å². The molecule has 1 N–H and O–H groups in total. The number of hydrogen-bond acceptors (Lipinski definition) is 3. The Morgan fingerprint density at radius 3 is 2.41 bits per heavy atom. The summed E-state index contributed by atoms with van der Waals surface area (Å²) in [6.45, 7) is 2.11. The van der Waals surface area contributed by atoms with Crippen LogP contribution < -0.4 is 10.1 Å². The zero-order chi connectivity index (χ0) is 15.5. The third-order valence-corrected chi connectivity index (χ3v) is 3.66. The van der Waals surface area contributed by atoms with Gasteiger partial charge in [-0.15, -0.1) is 12.4 Å². The number of methoxy groups -OCH3 is 1. The normalized spacial score (nSPS) is 17.7. The summed E-state index contributed by atoms with van der Waals surface area (Å²) in [5.41, 5.74) is -0.337. The van der Waals surface area contributed by atoms with Crippen molar-refractivity contribution >= 4 is 12.4 Å². The van der Waals surface area contributed by atoms with Crippen LogP contribution in [-0.4, -0.2) is 44.9 Å². The van der Waals surface area contributed by atoms with Gasteiger partial charge >= 0.3 is 6.18 Å². The molecule has 0 radical (unpaired) electrons. The molecule has 1 fully saturated rings. The first-order valence-corrected chi connectivity index (χ1v) is 6.73. The summed E-state index contributed by atoms with van der Waals surface area (Å²) in [7, 11) is 1.30. The number of hydrogen-bond donors (Lipinski definition) is 1. The van der Waals surface area contributed by atoms with Crippen molar-refractivity contribution in [2.24, 2.45) is 0 Å². The van der Waals surface area contributed by atoms with Gasteiger partial charge in [0.05, 0.1) is 18.7 Å². The number of rotatable bonds is 4. The Kier molecular flexibility index (Phi) is 6.90. The van der Waals surface area contributed by atoms with E-state index in [1.54, 1.807) is 0 Å². The van der Waals surface area contributed by atoms with Gasteiger partial charge in [0.15, 0.2) is 0 Å². The fraction of sp³-hybridized carbons (Fsp3) is 0.571. The summed E-state index contributed by atoms with van der Waals surface area (Å²) in [6, 6.07) is 2.64. The molecule has 1 aliphatic heterocycles. The molecule has 0 amide bonds. The van der Waals surface area contributed by atoms with Crippen molar-refractivity contribution in [1.82, 2.24) is 10.2 Å². The van der Waals surface area contributed by atoms with Crippen molar-refractivity contribution in [3.8, 4) is 5.75 Å². The first-order chi connectivity index (χ1) is 9.97. The van der Waals surface area contributed by atoms with Crippen LogP contribution in [0, 0.1) is 0 Å². The van der Waals surface area contributed by atoms with Gasteiger partial charge < -0.3 is 10.1 Å². The molecule has 0 saturated carbocycles. The first-order valence-electron chi connectivity index (χ1n) is 6.73. The molecule has 1 heterocycles. The molecule has 2 rings (SSSR count). The molecule has 1 atom stereocenters. The van der Waals surface area contributed by atoms with Crippen LogP contribution in [-0.2, 0) is 6.18 Å². The fourth-order valence-electron chi connectivity index (χ4n) is 2.53. The predicted molar refractivity (Wildman–Crippen MR) is 78.4 cm³/mol. The predicted octanol–water partition coefficient (Wildman–Crippen LogP) is 3.05. The van der Waals surface area contributed by atoms with Gasteiger partial charge in [0, 0.05) is 31.7 Å². The minimum absolute atomic E-state index is 0. The van der Waals surface area contributed by atoms with Gasteiger partial charge in [-0.25, -0.2) is 4.39 Å². The summed E-state index contributed by atoms with van der Waals surface area (Å²) in [5.74, 6) is 0.0750. The molecule has 0 bridgehead atoms. The molecule has 0 unspecified atom stereocenters. The Bertz CT molecular complexity index is 478. The lowest BCUT2D eigenvalue weighted by Gasteiger charge is -2.34. The van der Waals surface area contributed by atoms with Crippen LogP contribution in [0.3, 0.4) is 0 Å². The van der Waals surface area contributed by atoms with Crippen LogP contribution in [0.15, 0.2) is 18.2 Å². The number of nitrogens with one attached hydrogen (secondary N) is 1. The Morgan fingerprint density at radius 2 is 1.91 bits per heavy atom. The standard InChI is InChI=1S/C14H18F4N2O.ClH/c1-21-13-8-10(14(16,17)18)2-3-11(13)12(9-15)20-6-4-19-5-7-20;/h2-3,8,12,19H,4-7,9H2,1H3;1H/t12-;/m1./s1. The maximum atomic E-state index is 13.4. The van der Waals surface area contributed by atoms with Gasteiger partial charge in [0.25, 0.3) is 0 Å². The van der Waals surface area contributed by atoms with Crippen LogP contribution in [0.1, 0.15) is 17.2 Å². The smallest absolute Gasteiger partial charge is 0.416 e. The van der Waals surface area contributed by atoms with Gasteiger partial charge in [0.1, 0.15) is 12.4 Å². The lowest BCUT2D eigenvalue weighted by molar-refractivity contribution is -0.137. The summed E-state index contributed by atoms with van der Waals surface area (Å²) in [6.07, 6.45) is -4.44. The average molecular weight is 343 g/mol. The van der Waals surface area contributed by atoms with E-state index in [1.807, 2.05) is 4.90 Å². The van der Waals surface area contributed by atoms with E-state index < -0.39 is 24.5 Å². The molecule has 0 aliphatic carbocycles. The highest BCUT2D eigenvalue weighted by atomic mass is 35.5. The van der Waals surface area contributed by atoms with E-state index in [0.29, 0.717) is 18.7 Å². The number of ether oxygens (including phenoxy) is 1. The lowest BCUT2D eigenvalue weighted by Crippen LogP contribution is -2.45. The molecule has 1 aromatic rings. The molecule has 126 valence electrons. The van der Waals surface area contributed by atoms with E-state index in [2.05, 4.69) is 5.32 Å². The molecule has 0 aromatic heterocycles. The van der Waals surface area contributed by atoms with Crippen LogP contribution in [0.4, 0.5) is 17.6 Å². The maximum Gasteiger partial charge on any atom is 0.416 e. The highest BCUT2D eigenvalue weighted by molar-refractivity contribution is 5.85. The Labute approximate surface area is 133 Å². The highest BCUT2D eigenvalue weighted by Gasteiger charge is 2.33. The molecule has 1 aliphatic rings. The second-order valence-corrected chi connectivity index (χ2v) is 4.91. The molecular formula is C14H19ClF4N2O. The van der Waals surface area contributed by atoms with E-state index in [-0.39, 0.29) is 18.2 Å². The number of halogens is 5.